The van der Waals surface area contributed by atoms with E-state index < -0.39 is 11.5 Å². The molecule has 0 N–H and O–H groups in total. The second-order valence-electron chi connectivity index (χ2n) is 6.08. The zero-order valence-corrected chi connectivity index (χ0v) is 16.3. The van der Waals surface area contributed by atoms with Crippen LogP contribution in [0.15, 0.2) is 59.4 Å². The number of aryl methyl sites for hydroxylation is 1. The molecule has 0 radical (unpaired) electrons. The van der Waals surface area contributed by atoms with Crippen molar-refractivity contribution in [1.82, 2.24) is 9.78 Å². The second-order valence-corrected chi connectivity index (χ2v) is 6.52. The molecule has 0 saturated carbocycles. The molecule has 0 unspecified atom stereocenters. The maximum absolute atomic E-state index is 12.6. The van der Waals surface area contributed by atoms with Crippen LogP contribution < -0.4 is 10.3 Å². The SMILES string of the molecule is CCOC(=O)c1nn(-c2ccc(C)cc2)c(=O)cc1OCc1cccc(Cl)c1. The van der Waals surface area contributed by atoms with E-state index >= 15 is 0 Å². The first kappa shape index (κ1) is 19.6. The van der Waals surface area contributed by atoms with Crippen molar-refractivity contribution in [2.45, 2.75) is 20.5 Å². The maximum Gasteiger partial charge on any atom is 0.362 e. The van der Waals surface area contributed by atoms with E-state index in [1.54, 1.807) is 37.3 Å². The fourth-order valence-corrected chi connectivity index (χ4v) is 2.76. The lowest BCUT2D eigenvalue weighted by molar-refractivity contribution is 0.0511. The molecule has 144 valence electrons. The fraction of sp³-hybridized carbons (Fsp3) is 0.190. The van der Waals surface area contributed by atoms with E-state index in [4.69, 9.17) is 21.1 Å². The van der Waals surface area contributed by atoms with E-state index in [1.807, 2.05) is 25.1 Å². The average Bonchev–Trinajstić information content (AvgIpc) is 2.67. The Morgan fingerprint density at radius 1 is 1.14 bits per heavy atom. The summed E-state index contributed by atoms with van der Waals surface area (Å²) in [6.45, 7) is 3.94. The molecule has 3 rings (SSSR count). The van der Waals surface area contributed by atoms with Gasteiger partial charge in [-0.2, -0.15) is 9.78 Å². The van der Waals surface area contributed by atoms with E-state index in [9.17, 15) is 9.59 Å². The number of hydrogen-bond acceptors (Lipinski definition) is 5. The summed E-state index contributed by atoms with van der Waals surface area (Å²) in [6.07, 6.45) is 0. The number of rotatable bonds is 6. The molecule has 0 spiro atoms. The summed E-state index contributed by atoms with van der Waals surface area (Å²) in [5.74, 6) is -0.601. The first-order chi connectivity index (χ1) is 13.5. The molecular formula is C21H19ClN2O4. The lowest BCUT2D eigenvalue weighted by atomic mass is 10.2. The number of nitrogens with zero attached hydrogens (tertiary/aromatic N) is 2. The van der Waals surface area contributed by atoms with Gasteiger partial charge in [0.1, 0.15) is 6.61 Å². The van der Waals surface area contributed by atoms with Gasteiger partial charge in [-0.15, -0.1) is 0 Å². The van der Waals surface area contributed by atoms with E-state index in [1.165, 1.54) is 6.07 Å². The average molecular weight is 399 g/mol. The molecule has 0 aliphatic carbocycles. The molecule has 7 heteroatoms. The fourth-order valence-electron chi connectivity index (χ4n) is 2.55. The van der Waals surface area contributed by atoms with Gasteiger partial charge in [0.05, 0.1) is 18.4 Å². The Morgan fingerprint density at radius 3 is 2.57 bits per heavy atom. The van der Waals surface area contributed by atoms with Crippen LogP contribution in [-0.2, 0) is 11.3 Å². The first-order valence-electron chi connectivity index (χ1n) is 8.73. The van der Waals surface area contributed by atoms with Crippen molar-refractivity contribution in [1.29, 1.82) is 0 Å². The molecule has 0 aliphatic heterocycles. The number of esters is 1. The van der Waals surface area contributed by atoms with Gasteiger partial charge in [-0.1, -0.05) is 41.4 Å². The Hall–Kier alpha value is -3.12. The minimum atomic E-state index is -0.663. The molecule has 0 amide bonds. The minimum absolute atomic E-state index is 0.0618. The summed E-state index contributed by atoms with van der Waals surface area (Å²) in [4.78, 5) is 24.9. The molecule has 3 aromatic rings. The van der Waals surface area contributed by atoms with Crippen LogP contribution in [0.4, 0.5) is 0 Å². The highest BCUT2D eigenvalue weighted by Gasteiger charge is 2.20. The van der Waals surface area contributed by atoms with E-state index in [0.717, 1.165) is 15.8 Å². The third-order valence-electron chi connectivity index (χ3n) is 3.93. The van der Waals surface area contributed by atoms with Crippen molar-refractivity contribution < 1.29 is 14.3 Å². The summed E-state index contributed by atoms with van der Waals surface area (Å²) in [6, 6.07) is 15.6. The van der Waals surface area contributed by atoms with Crippen molar-refractivity contribution in [2.24, 2.45) is 0 Å². The largest absolute Gasteiger partial charge is 0.486 e. The van der Waals surface area contributed by atoms with Gasteiger partial charge >= 0.3 is 5.97 Å². The molecule has 0 aliphatic rings. The first-order valence-corrected chi connectivity index (χ1v) is 9.11. The minimum Gasteiger partial charge on any atom is -0.486 e. The third kappa shape index (κ3) is 4.58. The molecule has 6 nitrogen and oxygen atoms in total. The van der Waals surface area contributed by atoms with Crippen LogP contribution in [-0.4, -0.2) is 22.4 Å². The molecule has 0 bridgehead atoms. The number of benzene rings is 2. The Morgan fingerprint density at radius 2 is 1.89 bits per heavy atom. The van der Waals surface area contributed by atoms with Gasteiger partial charge in [-0.25, -0.2) is 4.79 Å². The van der Waals surface area contributed by atoms with Crippen LogP contribution in [0.1, 0.15) is 28.5 Å². The number of ether oxygens (including phenoxy) is 2. The predicted molar refractivity (Wildman–Crippen MR) is 106 cm³/mol. The number of carbonyl (C=O) groups is 1. The summed E-state index contributed by atoms with van der Waals surface area (Å²) in [5, 5.41) is 4.77. The van der Waals surface area contributed by atoms with Crippen LogP contribution in [0.25, 0.3) is 5.69 Å². The van der Waals surface area contributed by atoms with Crippen molar-refractivity contribution >= 4 is 17.6 Å². The Balaban J connectivity index is 1.98. The number of halogens is 1. The van der Waals surface area contributed by atoms with Gasteiger partial charge in [-0.05, 0) is 43.7 Å². The molecule has 0 saturated heterocycles. The van der Waals surface area contributed by atoms with E-state index in [2.05, 4.69) is 5.10 Å². The van der Waals surface area contributed by atoms with E-state index in [0.29, 0.717) is 10.7 Å². The monoisotopic (exact) mass is 398 g/mol. The quantitative estimate of drug-likeness (QED) is 0.588. The Labute approximate surface area is 167 Å². The summed E-state index contributed by atoms with van der Waals surface area (Å²) >= 11 is 5.98. The zero-order chi connectivity index (χ0) is 20.1. The van der Waals surface area contributed by atoms with Gasteiger partial charge in [0.25, 0.3) is 5.56 Å². The molecule has 1 heterocycles. The second kappa shape index (κ2) is 8.71. The summed E-state index contributed by atoms with van der Waals surface area (Å²) in [7, 11) is 0. The van der Waals surface area contributed by atoms with Gasteiger partial charge in [-0.3, -0.25) is 4.79 Å². The Kier molecular flexibility index (Phi) is 6.11. The number of aromatic nitrogens is 2. The highest BCUT2D eigenvalue weighted by atomic mass is 35.5. The van der Waals surface area contributed by atoms with Gasteiger partial charge in [0.2, 0.25) is 5.69 Å². The van der Waals surface area contributed by atoms with Crippen LogP contribution in [0.5, 0.6) is 5.75 Å². The molecule has 1 aromatic heterocycles. The van der Waals surface area contributed by atoms with E-state index in [-0.39, 0.29) is 24.7 Å². The molecule has 0 atom stereocenters. The van der Waals surface area contributed by atoms with Crippen molar-refractivity contribution in [2.75, 3.05) is 6.61 Å². The lowest BCUT2D eigenvalue weighted by Gasteiger charge is -2.13. The molecule has 0 fully saturated rings. The maximum atomic E-state index is 12.6. The lowest BCUT2D eigenvalue weighted by Crippen LogP contribution is -2.25. The summed E-state index contributed by atoms with van der Waals surface area (Å²) < 4.78 is 11.9. The Bertz CT molecular complexity index is 1050. The molecule has 28 heavy (non-hydrogen) atoms. The van der Waals surface area contributed by atoms with Gasteiger partial charge in [0.15, 0.2) is 5.75 Å². The topological polar surface area (TPSA) is 70.4 Å². The summed E-state index contributed by atoms with van der Waals surface area (Å²) in [5.41, 5.74) is 1.90. The number of hydrogen-bond donors (Lipinski definition) is 0. The van der Waals surface area contributed by atoms with Crippen LogP contribution in [0.2, 0.25) is 5.02 Å². The van der Waals surface area contributed by atoms with Gasteiger partial charge in [0, 0.05) is 5.02 Å². The standard InChI is InChI=1S/C21H19ClN2O4/c1-3-27-21(26)20-18(28-13-15-5-4-6-16(22)11-15)12-19(25)24(23-20)17-9-7-14(2)8-10-17/h4-12H,3,13H2,1-2H3. The van der Waals surface area contributed by atoms with Crippen molar-refractivity contribution in [3.8, 4) is 11.4 Å². The molecular weight excluding hydrogens is 380 g/mol. The smallest absolute Gasteiger partial charge is 0.362 e. The van der Waals surface area contributed by atoms with Gasteiger partial charge < -0.3 is 9.47 Å². The van der Waals surface area contributed by atoms with Crippen LogP contribution in [0, 0.1) is 6.92 Å². The zero-order valence-electron chi connectivity index (χ0n) is 15.5. The highest BCUT2D eigenvalue weighted by Crippen LogP contribution is 2.19. The number of carbonyl (C=O) groups excluding carboxylic acids is 1. The van der Waals surface area contributed by atoms with Crippen molar-refractivity contribution in [3.05, 3.63) is 86.8 Å². The normalized spacial score (nSPS) is 10.5. The van der Waals surface area contributed by atoms with Crippen molar-refractivity contribution in [3.63, 3.8) is 0 Å². The molecule has 2 aromatic carbocycles. The van der Waals surface area contributed by atoms with Crippen LogP contribution >= 0.6 is 11.6 Å². The van der Waals surface area contributed by atoms with Crippen LogP contribution in [0.3, 0.4) is 0 Å². The highest BCUT2D eigenvalue weighted by molar-refractivity contribution is 6.30. The predicted octanol–water partition coefficient (Wildman–Crippen LogP) is 3.95. The third-order valence-corrected chi connectivity index (χ3v) is 4.16.